The van der Waals surface area contributed by atoms with Gasteiger partial charge in [0.05, 0.1) is 7.11 Å². The van der Waals surface area contributed by atoms with Crippen LogP contribution in [0, 0.1) is 5.92 Å². The maximum absolute atomic E-state index is 11.5. The lowest BCUT2D eigenvalue weighted by atomic mass is 9.94. The molecule has 8 heteroatoms. The fraction of sp³-hybridized carbons (Fsp3) is 0.583. The largest absolute Gasteiger partial charge is 0.465 e. The van der Waals surface area contributed by atoms with Gasteiger partial charge in [-0.25, -0.2) is 9.78 Å². The first-order valence-electron chi connectivity index (χ1n) is 6.29. The zero-order valence-electron chi connectivity index (χ0n) is 11.1. The average molecular weight is 318 g/mol. The van der Waals surface area contributed by atoms with Crippen molar-refractivity contribution in [2.45, 2.75) is 19.3 Å². The second kappa shape index (κ2) is 6.41. The van der Waals surface area contributed by atoms with E-state index in [2.05, 4.69) is 14.6 Å². The molecule has 0 saturated carbocycles. The Morgan fingerprint density at radius 1 is 1.50 bits per heavy atom. The molecule has 1 aliphatic heterocycles. The number of piperidine rings is 1. The molecule has 0 spiro atoms. The van der Waals surface area contributed by atoms with Crippen molar-refractivity contribution >= 4 is 39.9 Å². The van der Waals surface area contributed by atoms with Crippen molar-refractivity contribution in [3.63, 3.8) is 0 Å². The second-order valence-corrected chi connectivity index (χ2v) is 6.04. The van der Waals surface area contributed by atoms with E-state index in [1.807, 2.05) is 0 Å². The predicted octanol–water partition coefficient (Wildman–Crippen LogP) is 1.67. The van der Waals surface area contributed by atoms with E-state index in [0.29, 0.717) is 22.3 Å². The summed E-state index contributed by atoms with van der Waals surface area (Å²) in [4.78, 5) is 29.0. The molecule has 20 heavy (non-hydrogen) atoms. The summed E-state index contributed by atoms with van der Waals surface area (Å²) in [6, 6.07) is 0. The molecule has 110 valence electrons. The van der Waals surface area contributed by atoms with Crippen LogP contribution in [0.3, 0.4) is 0 Å². The number of hydrogen-bond donors (Lipinski definition) is 1. The van der Waals surface area contributed by atoms with Crippen molar-refractivity contribution < 1.29 is 14.3 Å². The summed E-state index contributed by atoms with van der Waals surface area (Å²) in [5, 5.41) is 0.893. The van der Waals surface area contributed by atoms with Crippen LogP contribution in [0.15, 0.2) is 0 Å². The summed E-state index contributed by atoms with van der Waals surface area (Å²) in [7, 11) is 1.31. The van der Waals surface area contributed by atoms with Crippen LogP contribution in [-0.2, 0) is 9.53 Å². The van der Waals surface area contributed by atoms with Gasteiger partial charge in [-0.05, 0) is 18.8 Å². The van der Waals surface area contributed by atoms with Crippen molar-refractivity contribution in [3.8, 4) is 0 Å². The van der Waals surface area contributed by atoms with Crippen LogP contribution in [-0.4, -0.2) is 37.1 Å². The van der Waals surface area contributed by atoms with Crippen molar-refractivity contribution in [1.29, 1.82) is 0 Å². The predicted molar refractivity (Wildman–Crippen MR) is 77.2 cm³/mol. The molecular formula is C12H16ClN3O3S. The van der Waals surface area contributed by atoms with Gasteiger partial charge in [0.2, 0.25) is 5.91 Å². The van der Waals surface area contributed by atoms with E-state index in [9.17, 15) is 9.59 Å². The number of hydrogen-bond acceptors (Lipinski definition) is 6. The number of aromatic nitrogens is 1. The molecule has 1 fully saturated rings. The van der Waals surface area contributed by atoms with Gasteiger partial charge in [0, 0.05) is 19.5 Å². The van der Waals surface area contributed by atoms with E-state index in [1.165, 1.54) is 18.4 Å². The molecule has 0 aromatic carbocycles. The maximum atomic E-state index is 11.5. The molecule has 2 N–H and O–H groups in total. The zero-order valence-corrected chi connectivity index (χ0v) is 12.7. The quantitative estimate of drug-likeness (QED) is 0.854. The Morgan fingerprint density at radius 2 is 2.15 bits per heavy atom. The van der Waals surface area contributed by atoms with E-state index in [-0.39, 0.29) is 11.1 Å². The summed E-state index contributed by atoms with van der Waals surface area (Å²) in [6.45, 7) is 1.56. The first-order chi connectivity index (χ1) is 9.51. The van der Waals surface area contributed by atoms with Gasteiger partial charge in [-0.3, -0.25) is 4.79 Å². The lowest BCUT2D eigenvalue weighted by Gasteiger charge is -2.31. The first-order valence-corrected chi connectivity index (χ1v) is 7.48. The standard InChI is InChI=1S/C12H16ClN3O3S/c1-19-11(18)9-10(13)15-12(20-9)16-4-2-7(3-5-16)6-8(14)17/h7H,2-6H2,1H3,(H2,14,17). The second-order valence-electron chi connectivity index (χ2n) is 4.71. The molecule has 0 atom stereocenters. The monoisotopic (exact) mass is 317 g/mol. The number of rotatable bonds is 4. The molecule has 0 bridgehead atoms. The molecule has 1 aromatic heterocycles. The van der Waals surface area contributed by atoms with E-state index in [4.69, 9.17) is 17.3 Å². The van der Waals surface area contributed by atoms with Crippen molar-refractivity contribution in [1.82, 2.24) is 4.98 Å². The third kappa shape index (κ3) is 3.40. The summed E-state index contributed by atoms with van der Waals surface area (Å²) < 4.78 is 4.66. The number of carbonyl (C=O) groups is 2. The number of amides is 1. The van der Waals surface area contributed by atoms with Crippen LogP contribution in [0.4, 0.5) is 5.13 Å². The number of nitrogens with two attached hydrogens (primary N) is 1. The molecular weight excluding hydrogens is 302 g/mol. The fourth-order valence-corrected chi connectivity index (χ4v) is 3.51. The summed E-state index contributed by atoms with van der Waals surface area (Å²) >= 11 is 7.18. The third-order valence-corrected chi connectivity index (χ3v) is 4.80. The van der Waals surface area contributed by atoms with E-state index in [1.54, 1.807) is 0 Å². The third-order valence-electron chi connectivity index (χ3n) is 3.32. The minimum atomic E-state index is -0.470. The minimum absolute atomic E-state index is 0.177. The van der Waals surface area contributed by atoms with Gasteiger partial charge >= 0.3 is 5.97 Å². The normalized spacial score (nSPS) is 16.2. The molecule has 6 nitrogen and oxygen atoms in total. The number of nitrogens with zero attached hydrogens (tertiary/aromatic N) is 2. The van der Waals surface area contributed by atoms with Gasteiger partial charge in [0.25, 0.3) is 0 Å². The summed E-state index contributed by atoms with van der Waals surface area (Å²) in [5.74, 6) is -0.393. The highest BCUT2D eigenvalue weighted by molar-refractivity contribution is 7.18. The van der Waals surface area contributed by atoms with Gasteiger partial charge < -0.3 is 15.4 Å². The van der Waals surface area contributed by atoms with Crippen LogP contribution in [0.5, 0.6) is 0 Å². The molecule has 0 radical (unpaired) electrons. The lowest BCUT2D eigenvalue weighted by Crippen LogP contribution is -2.34. The highest BCUT2D eigenvalue weighted by Gasteiger charge is 2.25. The Bertz CT molecular complexity index is 512. The minimum Gasteiger partial charge on any atom is -0.465 e. The van der Waals surface area contributed by atoms with Gasteiger partial charge in [0.1, 0.15) is 0 Å². The van der Waals surface area contributed by atoms with Crippen molar-refractivity contribution in [2.24, 2.45) is 11.7 Å². The van der Waals surface area contributed by atoms with Crippen LogP contribution >= 0.6 is 22.9 Å². The molecule has 1 amide bonds. The average Bonchev–Trinajstić information content (AvgIpc) is 2.80. The van der Waals surface area contributed by atoms with Gasteiger partial charge in [-0.2, -0.15) is 0 Å². The topological polar surface area (TPSA) is 85.5 Å². The molecule has 1 aliphatic rings. The van der Waals surface area contributed by atoms with Crippen LogP contribution in [0.25, 0.3) is 0 Å². The Balaban J connectivity index is 2.00. The highest BCUT2D eigenvalue weighted by Crippen LogP contribution is 2.33. The molecule has 0 unspecified atom stereocenters. The maximum Gasteiger partial charge on any atom is 0.351 e. The van der Waals surface area contributed by atoms with Crippen LogP contribution < -0.4 is 10.6 Å². The number of carbonyl (C=O) groups excluding carboxylic acids is 2. The SMILES string of the molecule is COC(=O)c1sc(N2CCC(CC(N)=O)CC2)nc1Cl. The smallest absolute Gasteiger partial charge is 0.351 e. The van der Waals surface area contributed by atoms with E-state index < -0.39 is 5.97 Å². The molecule has 1 saturated heterocycles. The Labute approximate surface area is 125 Å². The number of esters is 1. The number of primary amides is 1. The Hall–Kier alpha value is -1.34. The lowest BCUT2D eigenvalue weighted by molar-refractivity contribution is -0.119. The number of anilines is 1. The van der Waals surface area contributed by atoms with E-state index >= 15 is 0 Å². The molecule has 1 aromatic rings. The number of methoxy groups -OCH3 is 1. The molecule has 2 rings (SSSR count). The summed E-state index contributed by atoms with van der Waals surface area (Å²) in [5.41, 5.74) is 5.21. The van der Waals surface area contributed by atoms with Gasteiger partial charge in [-0.15, -0.1) is 0 Å². The number of halogens is 1. The zero-order chi connectivity index (χ0) is 14.7. The van der Waals surface area contributed by atoms with Crippen LogP contribution in [0.2, 0.25) is 5.15 Å². The first kappa shape index (κ1) is 15.1. The Morgan fingerprint density at radius 3 is 2.70 bits per heavy atom. The molecule has 0 aliphatic carbocycles. The fourth-order valence-electron chi connectivity index (χ4n) is 2.26. The van der Waals surface area contributed by atoms with Gasteiger partial charge in [-0.1, -0.05) is 22.9 Å². The Kier molecular flexibility index (Phi) is 4.82. The summed E-state index contributed by atoms with van der Waals surface area (Å²) in [6.07, 6.45) is 2.20. The van der Waals surface area contributed by atoms with Crippen molar-refractivity contribution in [2.75, 3.05) is 25.1 Å². The van der Waals surface area contributed by atoms with Crippen molar-refractivity contribution in [3.05, 3.63) is 10.0 Å². The van der Waals surface area contributed by atoms with Gasteiger partial charge in [0.15, 0.2) is 15.2 Å². The van der Waals surface area contributed by atoms with E-state index in [0.717, 1.165) is 25.9 Å². The number of thiazole rings is 1. The number of ether oxygens (including phenoxy) is 1. The highest BCUT2D eigenvalue weighted by atomic mass is 35.5. The molecule has 2 heterocycles. The van der Waals surface area contributed by atoms with Crippen LogP contribution in [0.1, 0.15) is 28.9 Å².